The summed E-state index contributed by atoms with van der Waals surface area (Å²) in [6, 6.07) is 1.45. The highest BCUT2D eigenvalue weighted by Gasteiger charge is 2.53. The Balaban J connectivity index is 1.49. The molecule has 0 aliphatic carbocycles. The van der Waals surface area contributed by atoms with Crippen LogP contribution in [-0.4, -0.2) is 126 Å². The van der Waals surface area contributed by atoms with Crippen molar-refractivity contribution in [1.82, 2.24) is 0 Å². The minimum absolute atomic E-state index is 0.428. The van der Waals surface area contributed by atoms with E-state index in [0.29, 0.717) is 18.2 Å². The Bertz CT molecular complexity index is 2470. The molecule has 4 aromatic rings. The standard InChI is InChI=1S/C34H24O22/c35-9-2-6-12(21(42)19(9)40)5-1-8(18(39)26(47)17(5)38)31(49)53-4-11(37)28(54-32(6)50)30-29-25(46)16-15(34(52)55-29)14(23(44)27(48)24(16)45)13-7(33(51)56-30)3-10(36)20(41)22(13)43/h1-3,11,25,28-30,35-48H,4H2/t11-,25+,28-,29-,30+/m1/s1. The van der Waals surface area contributed by atoms with Gasteiger partial charge in [0.25, 0.3) is 0 Å². The van der Waals surface area contributed by atoms with Gasteiger partial charge in [0.2, 0.25) is 23.0 Å². The fourth-order valence-corrected chi connectivity index (χ4v) is 6.66. The number of hydrogen-bond acceptors (Lipinski definition) is 22. The number of carbonyl (C=O) groups is 4. The zero-order chi connectivity index (χ0) is 41.0. The number of esters is 4. The quantitative estimate of drug-likeness (QED) is 0.0703. The molecule has 0 fully saturated rings. The predicted octanol–water partition coefficient (Wildman–Crippen LogP) is 0.356. The van der Waals surface area contributed by atoms with E-state index in [9.17, 15) is 90.7 Å². The van der Waals surface area contributed by atoms with Crippen molar-refractivity contribution >= 4 is 23.9 Å². The Morgan fingerprint density at radius 2 is 0.893 bits per heavy atom. The normalized spacial score (nSPS) is 21.6. The summed E-state index contributed by atoms with van der Waals surface area (Å²) in [5.74, 6) is -23.0. The van der Waals surface area contributed by atoms with Crippen molar-refractivity contribution in [3.05, 3.63) is 46.0 Å². The first-order valence-electron chi connectivity index (χ1n) is 15.6. The molecule has 4 aliphatic rings. The van der Waals surface area contributed by atoms with Gasteiger partial charge in [-0.25, -0.2) is 19.2 Å². The highest BCUT2D eigenvalue weighted by Crippen LogP contribution is 2.58. The van der Waals surface area contributed by atoms with E-state index in [4.69, 9.17) is 18.9 Å². The SMILES string of the molecule is O=C1OC[C@@H](O)[C@H]([C@@H]2OC(=O)c3cc(O)c(O)c(O)c3-c3c(O)c(O)c(O)c4c3C(=O)O[C@@H]2[C@H]4O)OC(=O)c2cc(O)c(O)c(O)c2-c2cc1c(O)c(O)c2O. The molecule has 0 saturated carbocycles. The average Bonchev–Trinajstić information content (AvgIpc) is 3.15. The van der Waals surface area contributed by atoms with Gasteiger partial charge in [0.1, 0.15) is 24.4 Å². The molecule has 56 heavy (non-hydrogen) atoms. The first-order valence-corrected chi connectivity index (χ1v) is 15.6. The lowest BCUT2D eigenvalue weighted by Gasteiger charge is -2.40. The average molecular weight is 785 g/mol. The summed E-state index contributed by atoms with van der Waals surface area (Å²) in [4.78, 5) is 54.9. The van der Waals surface area contributed by atoms with Crippen molar-refractivity contribution in [2.24, 2.45) is 0 Å². The molecule has 14 N–H and O–H groups in total. The lowest BCUT2D eigenvalue weighted by Crippen LogP contribution is -2.55. The summed E-state index contributed by atoms with van der Waals surface area (Å²) in [6.07, 6.45) is -12.5. The van der Waals surface area contributed by atoms with E-state index in [1.54, 1.807) is 0 Å². The Hall–Kier alpha value is -7.72. The van der Waals surface area contributed by atoms with Gasteiger partial charge in [-0.2, -0.15) is 0 Å². The third-order valence-corrected chi connectivity index (χ3v) is 9.35. The Labute approximate surface area is 307 Å². The van der Waals surface area contributed by atoms with Crippen LogP contribution in [0, 0.1) is 0 Å². The number of benzene rings is 4. The first kappa shape index (κ1) is 36.6. The molecule has 22 nitrogen and oxygen atoms in total. The maximum absolute atomic E-state index is 14.0. The fourth-order valence-electron chi connectivity index (χ4n) is 6.66. The van der Waals surface area contributed by atoms with Crippen LogP contribution in [0.25, 0.3) is 22.3 Å². The number of rotatable bonds is 1. The van der Waals surface area contributed by atoms with Crippen LogP contribution in [0.2, 0.25) is 0 Å². The lowest BCUT2D eigenvalue weighted by molar-refractivity contribution is -0.153. The number of aromatic hydroxyl groups is 12. The van der Waals surface area contributed by atoms with Crippen LogP contribution < -0.4 is 0 Å². The van der Waals surface area contributed by atoms with Gasteiger partial charge in [-0.15, -0.1) is 0 Å². The van der Waals surface area contributed by atoms with Gasteiger partial charge in [-0.1, -0.05) is 0 Å². The maximum atomic E-state index is 14.0. The number of aliphatic hydroxyl groups excluding tert-OH is 2. The van der Waals surface area contributed by atoms with E-state index in [2.05, 4.69) is 0 Å². The monoisotopic (exact) mass is 784 g/mol. The van der Waals surface area contributed by atoms with E-state index in [1.807, 2.05) is 0 Å². The van der Waals surface area contributed by atoms with Crippen molar-refractivity contribution in [3.8, 4) is 91.2 Å². The van der Waals surface area contributed by atoms with Crippen molar-refractivity contribution < 1.29 is 110 Å². The Morgan fingerprint density at radius 1 is 0.411 bits per heavy atom. The molecule has 0 amide bonds. The number of phenols is 12. The van der Waals surface area contributed by atoms with Crippen molar-refractivity contribution in [3.63, 3.8) is 0 Å². The van der Waals surface area contributed by atoms with E-state index in [0.717, 1.165) is 0 Å². The largest absolute Gasteiger partial charge is 0.504 e. The first-order chi connectivity index (χ1) is 26.3. The van der Waals surface area contributed by atoms with Gasteiger partial charge in [0.15, 0.2) is 64.3 Å². The van der Waals surface area contributed by atoms with E-state index >= 15 is 0 Å². The molecule has 0 radical (unpaired) electrons. The summed E-state index contributed by atoms with van der Waals surface area (Å²) in [7, 11) is 0. The van der Waals surface area contributed by atoms with Crippen LogP contribution >= 0.6 is 0 Å². The number of hydrogen-bond donors (Lipinski definition) is 14. The number of carbonyl (C=O) groups excluding carboxylic acids is 4. The Morgan fingerprint density at radius 3 is 1.50 bits per heavy atom. The Kier molecular flexibility index (Phi) is 8.13. The van der Waals surface area contributed by atoms with Gasteiger partial charge in [0.05, 0.1) is 16.7 Å². The van der Waals surface area contributed by atoms with E-state index in [1.165, 1.54) is 0 Å². The maximum Gasteiger partial charge on any atom is 0.342 e. The van der Waals surface area contributed by atoms with Crippen LogP contribution in [0.1, 0.15) is 53.1 Å². The van der Waals surface area contributed by atoms with E-state index < -0.39 is 180 Å². The van der Waals surface area contributed by atoms with Gasteiger partial charge in [0, 0.05) is 27.8 Å². The van der Waals surface area contributed by atoms with Crippen LogP contribution in [0.15, 0.2) is 18.2 Å². The van der Waals surface area contributed by atoms with Gasteiger partial charge in [-0.3, -0.25) is 0 Å². The summed E-state index contributed by atoms with van der Waals surface area (Å²) in [5, 5.41) is 150. The second-order valence-electron chi connectivity index (χ2n) is 12.5. The summed E-state index contributed by atoms with van der Waals surface area (Å²) in [5.41, 5.74) is -9.05. The third kappa shape index (κ3) is 5.03. The van der Waals surface area contributed by atoms with Gasteiger partial charge in [-0.05, 0) is 18.2 Å². The van der Waals surface area contributed by atoms with Crippen molar-refractivity contribution in [2.45, 2.75) is 30.5 Å². The molecule has 6 bridgehead atoms. The van der Waals surface area contributed by atoms with Crippen LogP contribution in [0.5, 0.6) is 69.0 Å². The summed E-state index contributed by atoms with van der Waals surface area (Å²) >= 11 is 0. The fraction of sp³-hybridized carbons (Fsp3) is 0.176. The highest BCUT2D eigenvalue weighted by atomic mass is 16.6. The molecule has 0 aromatic heterocycles. The predicted molar refractivity (Wildman–Crippen MR) is 173 cm³/mol. The van der Waals surface area contributed by atoms with Crippen LogP contribution in [0.4, 0.5) is 0 Å². The van der Waals surface area contributed by atoms with Crippen LogP contribution in [0.3, 0.4) is 0 Å². The topological polar surface area (TPSA) is 388 Å². The molecule has 292 valence electrons. The summed E-state index contributed by atoms with van der Waals surface area (Å²) < 4.78 is 21.2. The van der Waals surface area contributed by atoms with Gasteiger partial charge < -0.3 is 90.4 Å². The second-order valence-corrected chi connectivity index (χ2v) is 12.5. The zero-order valence-corrected chi connectivity index (χ0v) is 27.4. The number of aliphatic hydroxyl groups is 2. The molecular weight excluding hydrogens is 760 g/mol. The molecule has 0 spiro atoms. The number of fused-ring (bicyclic) bond motifs is 7. The number of cyclic esters (lactones) is 2. The van der Waals surface area contributed by atoms with Crippen LogP contribution in [-0.2, 0) is 18.9 Å². The molecular formula is C34H24O22. The molecule has 8 rings (SSSR count). The molecule has 5 atom stereocenters. The molecule has 0 saturated heterocycles. The minimum atomic E-state index is -2.57. The second kappa shape index (κ2) is 12.4. The molecule has 22 heteroatoms. The van der Waals surface area contributed by atoms with Gasteiger partial charge >= 0.3 is 23.9 Å². The lowest BCUT2D eigenvalue weighted by atomic mass is 9.82. The zero-order valence-electron chi connectivity index (χ0n) is 27.4. The molecule has 4 aliphatic heterocycles. The third-order valence-electron chi connectivity index (χ3n) is 9.35. The molecule has 0 unspecified atom stereocenters. The highest BCUT2D eigenvalue weighted by molar-refractivity contribution is 6.10. The minimum Gasteiger partial charge on any atom is -0.504 e. The van der Waals surface area contributed by atoms with E-state index in [-0.39, 0.29) is 0 Å². The number of ether oxygens (including phenoxy) is 4. The van der Waals surface area contributed by atoms with Crippen molar-refractivity contribution in [2.75, 3.05) is 6.61 Å². The summed E-state index contributed by atoms with van der Waals surface area (Å²) in [6.45, 7) is -1.32. The molecule has 4 heterocycles. The smallest absolute Gasteiger partial charge is 0.342 e. The van der Waals surface area contributed by atoms with Crippen molar-refractivity contribution in [1.29, 1.82) is 0 Å². The number of phenolic OH excluding ortho intramolecular Hbond substituents is 12. The molecule has 4 aromatic carbocycles.